The summed E-state index contributed by atoms with van der Waals surface area (Å²) in [6.07, 6.45) is -7.72. The zero-order valence-electron chi connectivity index (χ0n) is 13.6. The molecule has 0 radical (unpaired) electrons. The van der Waals surface area contributed by atoms with Gasteiger partial charge in [0.05, 0.1) is 18.8 Å². The van der Waals surface area contributed by atoms with Crippen LogP contribution in [-0.2, 0) is 9.53 Å². The molecule has 0 unspecified atom stereocenters. The predicted octanol–water partition coefficient (Wildman–Crippen LogP) is -2.58. The normalized spacial score (nSPS) is 31.0. The van der Waals surface area contributed by atoms with Gasteiger partial charge in [-0.1, -0.05) is 18.2 Å². The fraction of sp³-hybridized carbons (Fsp3) is 0.500. The Kier molecular flexibility index (Phi) is 6.29. The van der Waals surface area contributed by atoms with Crippen LogP contribution in [0.2, 0.25) is 0 Å². The predicted molar refractivity (Wildman–Crippen MR) is 84.9 cm³/mol. The fourth-order valence-corrected chi connectivity index (χ4v) is 2.73. The van der Waals surface area contributed by atoms with Gasteiger partial charge >= 0.3 is 5.97 Å². The van der Waals surface area contributed by atoms with Crippen molar-refractivity contribution in [1.82, 2.24) is 5.32 Å². The summed E-state index contributed by atoms with van der Waals surface area (Å²) in [5.41, 5.74) is 0.231. The van der Waals surface area contributed by atoms with Gasteiger partial charge in [-0.2, -0.15) is 0 Å². The number of hydrogen-bond acceptors (Lipinski definition) is 8. The first-order valence-corrected chi connectivity index (χ1v) is 7.84. The molecular formula is C16H21NO9. The lowest BCUT2D eigenvalue weighted by Crippen LogP contribution is -2.67. The number of rotatable bonds is 6. The maximum atomic E-state index is 12.3. The molecular weight excluding hydrogens is 350 g/mol. The maximum Gasteiger partial charge on any atom is 0.364 e. The summed E-state index contributed by atoms with van der Waals surface area (Å²) < 4.78 is 5.00. The molecule has 1 saturated heterocycles. The van der Waals surface area contributed by atoms with Crippen LogP contribution in [0, 0.1) is 0 Å². The van der Waals surface area contributed by atoms with Crippen LogP contribution in [0.5, 0.6) is 0 Å². The molecule has 0 saturated carbocycles. The molecule has 26 heavy (non-hydrogen) atoms. The minimum atomic E-state index is -2.83. The zero-order valence-corrected chi connectivity index (χ0v) is 13.6. The topological polar surface area (TPSA) is 177 Å². The van der Waals surface area contributed by atoms with Gasteiger partial charge in [-0.3, -0.25) is 4.79 Å². The van der Waals surface area contributed by atoms with Crippen LogP contribution >= 0.6 is 0 Å². The highest BCUT2D eigenvalue weighted by atomic mass is 16.7. The number of aliphatic carboxylic acids is 1. The minimum absolute atomic E-state index is 0.231. The monoisotopic (exact) mass is 371 g/mol. The Morgan fingerprint density at radius 2 is 1.88 bits per heavy atom. The van der Waals surface area contributed by atoms with E-state index in [2.05, 4.69) is 5.32 Å². The van der Waals surface area contributed by atoms with E-state index in [1.807, 2.05) is 0 Å². The molecule has 10 nitrogen and oxygen atoms in total. The number of hydrogen-bond donors (Lipinski definition) is 7. The lowest BCUT2D eigenvalue weighted by molar-refractivity contribution is -0.294. The van der Waals surface area contributed by atoms with Crippen LogP contribution < -0.4 is 5.32 Å². The Morgan fingerprint density at radius 1 is 1.27 bits per heavy atom. The molecule has 1 fully saturated rings. The van der Waals surface area contributed by atoms with Crippen LogP contribution in [0.4, 0.5) is 0 Å². The first-order chi connectivity index (χ1) is 12.2. The number of ether oxygens (including phenoxy) is 1. The third kappa shape index (κ3) is 4.18. The van der Waals surface area contributed by atoms with Gasteiger partial charge < -0.3 is 40.7 Å². The second kappa shape index (κ2) is 8.08. The fourth-order valence-electron chi connectivity index (χ4n) is 2.73. The second-order valence-electron chi connectivity index (χ2n) is 6.05. The number of aliphatic hydroxyl groups is 5. The summed E-state index contributed by atoms with van der Waals surface area (Å²) >= 11 is 0. The molecule has 144 valence electrons. The highest BCUT2D eigenvalue weighted by molar-refractivity contribution is 5.94. The highest BCUT2D eigenvalue weighted by Crippen LogP contribution is 2.30. The van der Waals surface area contributed by atoms with Crippen LogP contribution in [0.1, 0.15) is 16.8 Å². The Bertz CT molecular complexity index is 640. The number of nitrogens with one attached hydrogen (secondary N) is 1. The standard InChI is InChI=1S/C16H21NO9/c18-7-10(20)12(21)13-11(9(19)6-16(25,26-13)15(23)24)17-14(22)8-4-2-1-3-5-8/h1-5,9-13,18-21,25H,6-7H2,(H,17,22)(H,23,24)/t9-,10+,11+,12+,13+,16-/m0/s1. The van der Waals surface area contributed by atoms with Crippen molar-refractivity contribution in [1.29, 1.82) is 0 Å². The van der Waals surface area contributed by atoms with Gasteiger partial charge in [-0.05, 0) is 12.1 Å². The van der Waals surface area contributed by atoms with Crippen LogP contribution in [-0.4, -0.2) is 85.4 Å². The highest BCUT2D eigenvalue weighted by Gasteiger charge is 2.54. The summed E-state index contributed by atoms with van der Waals surface area (Å²) in [6.45, 7) is -0.887. The van der Waals surface area contributed by atoms with E-state index in [0.29, 0.717) is 0 Å². The van der Waals surface area contributed by atoms with Crippen molar-refractivity contribution in [3.8, 4) is 0 Å². The molecule has 0 spiro atoms. The van der Waals surface area contributed by atoms with Gasteiger partial charge in [-0.15, -0.1) is 0 Å². The molecule has 1 aliphatic heterocycles. The molecule has 0 bridgehead atoms. The number of carbonyl (C=O) groups excluding carboxylic acids is 1. The largest absolute Gasteiger partial charge is 0.477 e. The second-order valence-corrected chi connectivity index (χ2v) is 6.05. The van der Waals surface area contributed by atoms with Gasteiger partial charge in [0.2, 0.25) is 0 Å². The van der Waals surface area contributed by atoms with Gasteiger partial charge in [-0.25, -0.2) is 4.79 Å². The first-order valence-electron chi connectivity index (χ1n) is 7.84. The number of carboxylic acid groups (broad SMARTS) is 1. The quantitative estimate of drug-likeness (QED) is 0.283. The van der Waals surface area contributed by atoms with Crippen molar-refractivity contribution in [2.24, 2.45) is 0 Å². The molecule has 0 aromatic heterocycles. The van der Waals surface area contributed by atoms with E-state index >= 15 is 0 Å². The van der Waals surface area contributed by atoms with E-state index in [1.165, 1.54) is 12.1 Å². The van der Waals surface area contributed by atoms with Crippen molar-refractivity contribution in [2.75, 3.05) is 6.61 Å². The van der Waals surface area contributed by atoms with Crippen molar-refractivity contribution < 1.29 is 45.0 Å². The van der Waals surface area contributed by atoms with Gasteiger partial charge in [0, 0.05) is 12.0 Å². The SMILES string of the molecule is O=C(N[C@H]1[C@H]([C@H](O)[C@H](O)CO)O[C@](O)(C(=O)O)C[C@@H]1O)c1ccccc1. The summed E-state index contributed by atoms with van der Waals surface area (Å²) in [6, 6.07) is 6.53. The Labute approximate surface area is 148 Å². The number of benzene rings is 1. The summed E-state index contributed by atoms with van der Waals surface area (Å²) in [4.78, 5) is 23.5. The number of carbonyl (C=O) groups is 2. The molecule has 6 atom stereocenters. The van der Waals surface area contributed by atoms with E-state index < -0.39 is 61.1 Å². The Balaban J connectivity index is 2.28. The van der Waals surface area contributed by atoms with E-state index in [-0.39, 0.29) is 5.56 Å². The average Bonchev–Trinajstić information content (AvgIpc) is 2.62. The van der Waals surface area contributed by atoms with Crippen LogP contribution in [0.3, 0.4) is 0 Å². The smallest absolute Gasteiger partial charge is 0.364 e. The molecule has 1 aromatic carbocycles. The molecule has 1 amide bonds. The van der Waals surface area contributed by atoms with Crippen molar-refractivity contribution in [3.63, 3.8) is 0 Å². The van der Waals surface area contributed by atoms with Crippen molar-refractivity contribution in [3.05, 3.63) is 35.9 Å². The summed E-state index contributed by atoms with van der Waals surface area (Å²) in [7, 11) is 0. The minimum Gasteiger partial charge on any atom is -0.477 e. The number of aliphatic hydroxyl groups excluding tert-OH is 4. The summed E-state index contributed by atoms with van der Waals surface area (Å²) in [5.74, 6) is -5.27. The third-order valence-electron chi connectivity index (χ3n) is 4.17. The molecule has 1 aromatic rings. The molecule has 0 aliphatic carbocycles. The summed E-state index contributed by atoms with van der Waals surface area (Å²) in [5, 5.41) is 60.5. The van der Waals surface area contributed by atoms with Gasteiger partial charge in [0.1, 0.15) is 18.3 Å². The van der Waals surface area contributed by atoms with Crippen LogP contribution in [0.25, 0.3) is 0 Å². The van der Waals surface area contributed by atoms with Gasteiger partial charge in [0.15, 0.2) is 0 Å². The number of amides is 1. The van der Waals surface area contributed by atoms with E-state index in [9.17, 15) is 30.0 Å². The third-order valence-corrected chi connectivity index (χ3v) is 4.17. The van der Waals surface area contributed by atoms with E-state index in [4.69, 9.17) is 14.9 Å². The maximum absolute atomic E-state index is 12.3. The molecule has 2 rings (SSSR count). The molecule has 1 aliphatic rings. The van der Waals surface area contributed by atoms with E-state index in [1.54, 1.807) is 18.2 Å². The van der Waals surface area contributed by atoms with Crippen molar-refractivity contribution >= 4 is 11.9 Å². The molecule has 7 N–H and O–H groups in total. The Morgan fingerprint density at radius 3 is 2.42 bits per heavy atom. The van der Waals surface area contributed by atoms with Crippen molar-refractivity contribution in [2.45, 2.75) is 42.7 Å². The molecule has 10 heteroatoms. The number of carboxylic acids is 1. The van der Waals surface area contributed by atoms with Crippen LogP contribution in [0.15, 0.2) is 30.3 Å². The lowest BCUT2D eigenvalue weighted by Gasteiger charge is -2.44. The first kappa shape index (κ1) is 20.2. The zero-order chi connectivity index (χ0) is 19.5. The Hall–Kier alpha value is -2.08. The van der Waals surface area contributed by atoms with Gasteiger partial charge in [0.25, 0.3) is 11.7 Å². The average molecular weight is 371 g/mol. The lowest BCUT2D eigenvalue weighted by atomic mass is 9.88. The molecule has 1 heterocycles. The van der Waals surface area contributed by atoms with E-state index in [0.717, 1.165) is 0 Å².